The van der Waals surface area contributed by atoms with Crippen LogP contribution in [-0.4, -0.2) is 27.3 Å². The van der Waals surface area contributed by atoms with E-state index in [4.69, 9.17) is 4.52 Å². The molecule has 1 amide bonds. The molecule has 2 aromatic heterocycles. The van der Waals surface area contributed by atoms with Crippen molar-refractivity contribution in [3.8, 4) is 0 Å². The van der Waals surface area contributed by atoms with Gasteiger partial charge in [0.2, 0.25) is 11.8 Å². The van der Waals surface area contributed by atoms with Gasteiger partial charge in [-0.15, -0.1) is 0 Å². The highest BCUT2D eigenvalue weighted by molar-refractivity contribution is 9.10. The fourth-order valence-electron chi connectivity index (χ4n) is 3.65. The van der Waals surface area contributed by atoms with Crippen LogP contribution in [-0.2, 0) is 23.4 Å². The highest BCUT2D eigenvalue weighted by Crippen LogP contribution is 2.35. The van der Waals surface area contributed by atoms with Crippen LogP contribution >= 0.6 is 27.7 Å². The summed E-state index contributed by atoms with van der Waals surface area (Å²) < 4.78 is 6.27. The van der Waals surface area contributed by atoms with Crippen molar-refractivity contribution >= 4 is 44.5 Å². The lowest BCUT2D eigenvalue weighted by Crippen LogP contribution is -2.31. The molecule has 2 heterocycles. The van der Waals surface area contributed by atoms with Gasteiger partial charge in [0.1, 0.15) is 0 Å². The van der Waals surface area contributed by atoms with Crippen molar-refractivity contribution in [3.05, 3.63) is 45.6 Å². The Labute approximate surface area is 170 Å². The van der Waals surface area contributed by atoms with Crippen LogP contribution in [0.3, 0.4) is 0 Å². The standard InChI is InChI=1S/C19H21BrN4O2S/c1-27-10-16-23-18(26-24-16)8-7-17(25)21-15-4-2-3-12-13-9-11(20)5-6-14(13)22-19(12)15/h5-6,9,15,22H,2-4,7-8,10H2,1H3,(H,21,25). The first-order valence-electron chi connectivity index (χ1n) is 9.04. The van der Waals surface area contributed by atoms with Gasteiger partial charge in [-0.2, -0.15) is 16.7 Å². The number of aromatic nitrogens is 3. The number of aryl methyl sites for hydroxylation is 2. The zero-order chi connectivity index (χ0) is 18.8. The third-order valence-corrected chi connectivity index (χ3v) is 5.89. The first-order valence-corrected chi connectivity index (χ1v) is 11.2. The smallest absolute Gasteiger partial charge is 0.227 e. The van der Waals surface area contributed by atoms with Crippen LogP contribution in [0.4, 0.5) is 0 Å². The number of nitrogens with one attached hydrogen (secondary N) is 2. The summed E-state index contributed by atoms with van der Waals surface area (Å²) in [5, 5.41) is 8.33. The van der Waals surface area contributed by atoms with E-state index >= 15 is 0 Å². The molecule has 8 heteroatoms. The van der Waals surface area contributed by atoms with Crippen LogP contribution < -0.4 is 5.32 Å². The molecule has 0 saturated carbocycles. The highest BCUT2D eigenvalue weighted by Gasteiger charge is 2.25. The number of benzene rings is 1. The van der Waals surface area contributed by atoms with Gasteiger partial charge in [0.05, 0.1) is 11.8 Å². The third kappa shape index (κ3) is 4.06. The summed E-state index contributed by atoms with van der Waals surface area (Å²) in [6.07, 6.45) is 5.86. The number of hydrogen-bond donors (Lipinski definition) is 2. The van der Waals surface area contributed by atoms with E-state index in [2.05, 4.69) is 48.5 Å². The zero-order valence-electron chi connectivity index (χ0n) is 15.0. The second-order valence-corrected chi connectivity index (χ2v) is 8.54. The SMILES string of the molecule is CSCc1noc(CCC(=O)NC2CCCc3c2[nH]c2ccc(Br)cc32)n1. The van der Waals surface area contributed by atoms with Gasteiger partial charge in [0, 0.05) is 33.9 Å². The number of nitrogens with zero attached hydrogens (tertiary/aromatic N) is 2. The Morgan fingerprint density at radius 3 is 3.22 bits per heavy atom. The molecule has 0 fully saturated rings. The molecule has 0 aliphatic heterocycles. The molecule has 0 spiro atoms. The maximum absolute atomic E-state index is 12.5. The zero-order valence-corrected chi connectivity index (χ0v) is 17.5. The quantitative estimate of drug-likeness (QED) is 0.586. The molecule has 142 valence electrons. The Morgan fingerprint density at radius 1 is 1.48 bits per heavy atom. The van der Waals surface area contributed by atoms with E-state index in [-0.39, 0.29) is 11.9 Å². The van der Waals surface area contributed by atoms with Gasteiger partial charge in [0.15, 0.2) is 5.82 Å². The molecular weight excluding hydrogens is 428 g/mol. The minimum absolute atomic E-state index is 0.0114. The fourth-order valence-corrected chi connectivity index (χ4v) is 4.38. The number of rotatable bonds is 6. The van der Waals surface area contributed by atoms with Crippen LogP contribution in [0, 0.1) is 0 Å². The minimum Gasteiger partial charge on any atom is -0.356 e. The summed E-state index contributed by atoms with van der Waals surface area (Å²) in [5.41, 5.74) is 3.58. The van der Waals surface area contributed by atoms with Crippen molar-refractivity contribution in [2.45, 2.75) is 43.9 Å². The van der Waals surface area contributed by atoms with E-state index in [1.54, 1.807) is 11.8 Å². The topological polar surface area (TPSA) is 83.8 Å². The highest BCUT2D eigenvalue weighted by atomic mass is 79.9. The summed E-state index contributed by atoms with van der Waals surface area (Å²) in [5.74, 6) is 1.93. The monoisotopic (exact) mass is 448 g/mol. The molecule has 1 aliphatic rings. The van der Waals surface area contributed by atoms with Gasteiger partial charge in [0.25, 0.3) is 0 Å². The van der Waals surface area contributed by atoms with E-state index in [0.717, 1.165) is 40.7 Å². The number of carbonyl (C=O) groups is 1. The molecule has 1 atom stereocenters. The number of carbonyl (C=O) groups excluding carboxylic acids is 1. The largest absolute Gasteiger partial charge is 0.356 e. The van der Waals surface area contributed by atoms with Gasteiger partial charge in [-0.1, -0.05) is 21.1 Å². The van der Waals surface area contributed by atoms with Crippen LogP contribution in [0.25, 0.3) is 10.9 Å². The number of thioether (sulfide) groups is 1. The Morgan fingerprint density at radius 2 is 2.37 bits per heavy atom. The minimum atomic E-state index is 0.0114. The summed E-state index contributed by atoms with van der Waals surface area (Å²) in [6.45, 7) is 0. The van der Waals surface area contributed by atoms with Crippen LogP contribution in [0.1, 0.15) is 48.3 Å². The summed E-state index contributed by atoms with van der Waals surface area (Å²) >= 11 is 5.19. The average Bonchev–Trinajstić information content (AvgIpc) is 3.25. The molecule has 0 saturated heterocycles. The van der Waals surface area contributed by atoms with Crippen LogP contribution in [0.2, 0.25) is 0 Å². The second kappa shape index (κ2) is 8.06. The number of aromatic amines is 1. The maximum atomic E-state index is 12.5. The van der Waals surface area contributed by atoms with Crippen LogP contribution in [0.5, 0.6) is 0 Å². The summed E-state index contributed by atoms with van der Waals surface area (Å²) in [6, 6.07) is 6.30. The number of halogens is 1. The van der Waals surface area contributed by atoms with Crippen LogP contribution in [0.15, 0.2) is 27.2 Å². The first-order chi connectivity index (χ1) is 13.1. The van der Waals surface area contributed by atoms with Crippen molar-refractivity contribution in [1.29, 1.82) is 0 Å². The molecule has 2 N–H and O–H groups in total. The van der Waals surface area contributed by atoms with Crippen molar-refractivity contribution in [2.75, 3.05) is 6.26 Å². The number of H-pyrrole nitrogens is 1. The number of hydrogen-bond acceptors (Lipinski definition) is 5. The van der Waals surface area contributed by atoms with Crippen molar-refractivity contribution in [2.24, 2.45) is 0 Å². The predicted octanol–water partition coefficient (Wildman–Crippen LogP) is 4.30. The van der Waals surface area contributed by atoms with Gasteiger partial charge in [-0.05, 0) is 49.3 Å². The lowest BCUT2D eigenvalue weighted by atomic mass is 9.91. The summed E-state index contributed by atoms with van der Waals surface area (Å²) in [7, 11) is 0. The third-order valence-electron chi connectivity index (χ3n) is 4.85. The van der Waals surface area contributed by atoms with E-state index in [1.165, 1.54) is 10.9 Å². The molecule has 6 nitrogen and oxygen atoms in total. The Hall–Kier alpha value is -1.80. The summed E-state index contributed by atoms with van der Waals surface area (Å²) in [4.78, 5) is 20.3. The molecule has 3 aromatic rings. The normalized spacial score (nSPS) is 16.4. The fraction of sp³-hybridized carbons (Fsp3) is 0.421. The van der Waals surface area contributed by atoms with Gasteiger partial charge < -0.3 is 14.8 Å². The molecule has 1 aliphatic carbocycles. The lowest BCUT2D eigenvalue weighted by molar-refractivity contribution is -0.122. The molecule has 4 rings (SSSR count). The molecule has 0 bridgehead atoms. The maximum Gasteiger partial charge on any atom is 0.227 e. The van der Waals surface area contributed by atoms with E-state index in [1.807, 2.05) is 12.3 Å². The Bertz CT molecular complexity index is 968. The molecule has 1 unspecified atom stereocenters. The predicted molar refractivity (Wildman–Crippen MR) is 110 cm³/mol. The number of amides is 1. The van der Waals surface area contributed by atoms with E-state index < -0.39 is 0 Å². The molecule has 27 heavy (non-hydrogen) atoms. The number of fused-ring (bicyclic) bond motifs is 3. The van der Waals surface area contributed by atoms with E-state index in [9.17, 15) is 4.79 Å². The van der Waals surface area contributed by atoms with Gasteiger partial charge in [-0.25, -0.2) is 0 Å². The van der Waals surface area contributed by atoms with E-state index in [0.29, 0.717) is 24.6 Å². The van der Waals surface area contributed by atoms with Gasteiger partial charge in [-0.3, -0.25) is 4.79 Å². The Kier molecular flexibility index (Phi) is 5.54. The molecule has 1 aromatic carbocycles. The van der Waals surface area contributed by atoms with Gasteiger partial charge >= 0.3 is 0 Å². The molecule has 0 radical (unpaired) electrons. The Balaban J connectivity index is 1.42. The molecular formula is C19H21BrN4O2S. The van der Waals surface area contributed by atoms with Crippen molar-refractivity contribution in [3.63, 3.8) is 0 Å². The second-order valence-electron chi connectivity index (χ2n) is 6.76. The lowest BCUT2D eigenvalue weighted by Gasteiger charge is -2.23. The van der Waals surface area contributed by atoms with Crippen molar-refractivity contribution < 1.29 is 9.32 Å². The average molecular weight is 449 g/mol. The first kappa shape index (κ1) is 18.6. The van der Waals surface area contributed by atoms with Crippen molar-refractivity contribution in [1.82, 2.24) is 20.4 Å².